The highest BCUT2D eigenvalue weighted by molar-refractivity contribution is 5.14. The monoisotopic (exact) mass is 240 g/mol. The minimum atomic E-state index is 0.152. The quantitative estimate of drug-likeness (QED) is 0.671. The van der Waals surface area contributed by atoms with Gasteiger partial charge in [-0.25, -0.2) is 0 Å². The van der Waals surface area contributed by atoms with Crippen molar-refractivity contribution in [3.8, 4) is 0 Å². The summed E-state index contributed by atoms with van der Waals surface area (Å²) in [4.78, 5) is 0. The van der Waals surface area contributed by atoms with Crippen LogP contribution in [-0.2, 0) is 16.0 Å². The highest BCUT2D eigenvalue weighted by Gasteiger charge is 2.04. The fourth-order valence-electron chi connectivity index (χ4n) is 1.63. The summed E-state index contributed by atoms with van der Waals surface area (Å²) in [7, 11) is 1.71. The summed E-state index contributed by atoms with van der Waals surface area (Å²) in [6, 6.07) is 2.23. The number of aromatic nitrogens is 1. The van der Waals surface area contributed by atoms with Crippen molar-refractivity contribution in [3.05, 3.63) is 24.0 Å². The van der Waals surface area contributed by atoms with E-state index in [1.807, 2.05) is 0 Å². The zero-order valence-corrected chi connectivity index (χ0v) is 10.9. The summed E-state index contributed by atoms with van der Waals surface area (Å²) in [6.07, 6.45) is 6.09. The summed E-state index contributed by atoms with van der Waals surface area (Å²) in [5.74, 6) is 0. The summed E-state index contributed by atoms with van der Waals surface area (Å²) in [5.41, 5.74) is 7.16. The van der Waals surface area contributed by atoms with Crippen molar-refractivity contribution in [2.75, 3.05) is 26.9 Å². The zero-order chi connectivity index (χ0) is 12.5. The first-order valence-electron chi connectivity index (χ1n) is 6.25. The van der Waals surface area contributed by atoms with E-state index in [1.165, 1.54) is 5.56 Å². The van der Waals surface area contributed by atoms with Gasteiger partial charge in [0.05, 0.1) is 6.61 Å². The summed E-state index contributed by atoms with van der Waals surface area (Å²) < 4.78 is 12.6. The van der Waals surface area contributed by atoms with Crippen LogP contribution in [0.1, 0.15) is 31.4 Å². The molecule has 0 bridgehead atoms. The molecule has 1 rings (SSSR count). The molecule has 0 aliphatic heterocycles. The normalized spacial score (nSPS) is 12.9. The van der Waals surface area contributed by atoms with Crippen LogP contribution in [0.5, 0.6) is 0 Å². The van der Waals surface area contributed by atoms with E-state index in [2.05, 4.69) is 30.0 Å². The Morgan fingerprint density at radius 1 is 1.35 bits per heavy atom. The SMILES string of the molecule is CCC(N)c1ccn(CCOCCCOC)c1. The van der Waals surface area contributed by atoms with Crippen LogP contribution in [0.3, 0.4) is 0 Å². The molecule has 0 fully saturated rings. The van der Waals surface area contributed by atoms with Gasteiger partial charge in [0.1, 0.15) is 0 Å². The lowest BCUT2D eigenvalue weighted by Gasteiger charge is -2.06. The number of hydrogen-bond acceptors (Lipinski definition) is 3. The van der Waals surface area contributed by atoms with E-state index in [0.717, 1.165) is 39.2 Å². The van der Waals surface area contributed by atoms with Crippen LogP contribution in [0.2, 0.25) is 0 Å². The lowest BCUT2D eigenvalue weighted by Crippen LogP contribution is -2.09. The molecule has 0 aromatic carbocycles. The predicted octanol–water partition coefficient (Wildman–Crippen LogP) is 1.95. The molecule has 17 heavy (non-hydrogen) atoms. The molecule has 1 unspecified atom stereocenters. The van der Waals surface area contributed by atoms with Gasteiger partial charge in [0.15, 0.2) is 0 Å². The first-order chi connectivity index (χ1) is 8.27. The second-order valence-corrected chi connectivity index (χ2v) is 4.16. The number of nitrogens with zero attached hydrogens (tertiary/aromatic N) is 1. The Morgan fingerprint density at radius 3 is 2.88 bits per heavy atom. The Kier molecular flexibility index (Phi) is 6.93. The fraction of sp³-hybridized carbons (Fsp3) is 0.692. The predicted molar refractivity (Wildman–Crippen MR) is 69.0 cm³/mol. The summed E-state index contributed by atoms with van der Waals surface area (Å²) >= 11 is 0. The molecular formula is C13H24N2O2. The lowest BCUT2D eigenvalue weighted by molar-refractivity contribution is 0.0977. The van der Waals surface area contributed by atoms with E-state index in [4.69, 9.17) is 15.2 Å². The molecule has 0 saturated carbocycles. The van der Waals surface area contributed by atoms with E-state index in [9.17, 15) is 0 Å². The average Bonchev–Trinajstić information content (AvgIpc) is 2.81. The Morgan fingerprint density at radius 2 is 2.18 bits per heavy atom. The van der Waals surface area contributed by atoms with Gasteiger partial charge >= 0.3 is 0 Å². The van der Waals surface area contributed by atoms with E-state index in [1.54, 1.807) is 7.11 Å². The summed E-state index contributed by atoms with van der Waals surface area (Å²) in [6.45, 7) is 5.24. The lowest BCUT2D eigenvalue weighted by atomic mass is 10.1. The van der Waals surface area contributed by atoms with Gasteiger partial charge in [-0.3, -0.25) is 0 Å². The van der Waals surface area contributed by atoms with Gasteiger partial charge in [-0.15, -0.1) is 0 Å². The third-order valence-corrected chi connectivity index (χ3v) is 2.77. The van der Waals surface area contributed by atoms with Gasteiger partial charge < -0.3 is 19.8 Å². The standard InChI is InChI=1S/C13H24N2O2/c1-3-13(14)12-5-6-15(11-12)7-10-17-9-4-8-16-2/h5-6,11,13H,3-4,7-10,14H2,1-2H3. The largest absolute Gasteiger partial charge is 0.385 e. The number of ether oxygens (including phenoxy) is 2. The van der Waals surface area contributed by atoms with Gasteiger partial charge in [0, 0.05) is 45.3 Å². The molecule has 1 atom stereocenters. The fourth-order valence-corrected chi connectivity index (χ4v) is 1.63. The second kappa shape index (κ2) is 8.28. The van der Waals surface area contributed by atoms with Crippen molar-refractivity contribution in [1.82, 2.24) is 4.57 Å². The zero-order valence-electron chi connectivity index (χ0n) is 10.9. The van der Waals surface area contributed by atoms with Gasteiger partial charge in [-0.1, -0.05) is 6.92 Å². The van der Waals surface area contributed by atoms with E-state index >= 15 is 0 Å². The van der Waals surface area contributed by atoms with E-state index in [-0.39, 0.29) is 6.04 Å². The Balaban J connectivity index is 2.16. The number of nitrogens with two attached hydrogens (primary N) is 1. The van der Waals surface area contributed by atoms with Gasteiger partial charge in [0.25, 0.3) is 0 Å². The summed E-state index contributed by atoms with van der Waals surface area (Å²) in [5, 5.41) is 0. The maximum absolute atomic E-state index is 5.96. The van der Waals surface area contributed by atoms with E-state index in [0.29, 0.717) is 0 Å². The van der Waals surface area contributed by atoms with Crippen molar-refractivity contribution in [2.45, 2.75) is 32.4 Å². The maximum atomic E-state index is 5.96. The van der Waals surface area contributed by atoms with Crippen molar-refractivity contribution in [3.63, 3.8) is 0 Å². The van der Waals surface area contributed by atoms with Crippen molar-refractivity contribution < 1.29 is 9.47 Å². The van der Waals surface area contributed by atoms with Crippen LogP contribution < -0.4 is 5.73 Å². The minimum Gasteiger partial charge on any atom is -0.385 e. The van der Waals surface area contributed by atoms with Gasteiger partial charge in [-0.05, 0) is 24.5 Å². The van der Waals surface area contributed by atoms with Gasteiger partial charge in [-0.2, -0.15) is 0 Å². The third kappa shape index (κ3) is 5.35. The number of hydrogen-bond donors (Lipinski definition) is 1. The Labute approximate surface area is 104 Å². The molecule has 0 aliphatic carbocycles. The first-order valence-corrected chi connectivity index (χ1v) is 6.25. The molecule has 4 nitrogen and oxygen atoms in total. The molecule has 0 radical (unpaired) electrons. The highest BCUT2D eigenvalue weighted by atomic mass is 16.5. The second-order valence-electron chi connectivity index (χ2n) is 4.16. The molecular weight excluding hydrogens is 216 g/mol. The number of methoxy groups -OCH3 is 1. The smallest absolute Gasteiger partial charge is 0.0645 e. The van der Waals surface area contributed by atoms with Crippen molar-refractivity contribution in [1.29, 1.82) is 0 Å². The molecule has 4 heteroatoms. The van der Waals surface area contributed by atoms with Crippen molar-refractivity contribution >= 4 is 0 Å². The van der Waals surface area contributed by atoms with Crippen LogP contribution in [0.15, 0.2) is 18.5 Å². The highest BCUT2D eigenvalue weighted by Crippen LogP contribution is 2.13. The molecule has 1 aromatic rings. The third-order valence-electron chi connectivity index (χ3n) is 2.77. The topological polar surface area (TPSA) is 49.4 Å². The Hall–Kier alpha value is -0.840. The first kappa shape index (κ1) is 14.2. The van der Waals surface area contributed by atoms with Gasteiger partial charge in [0.2, 0.25) is 0 Å². The van der Waals surface area contributed by atoms with Crippen LogP contribution in [-0.4, -0.2) is 31.5 Å². The van der Waals surface area contributed by atoms with Crippen LogP contribution in [0, 0.1) is 0 Å². The van der Waals surface area contributed by atoms with Crippen LogP contribution in [0.25, 0.3) is 0 Å². The van der Waals surface area contributed by atoms with Crippen molar-refractivity contribution in [2.24, 2.45) is 5.73 Å². The molecule has 0 aliphatic rings. The maximum Gasteiger partial charge on any atom is 0.0645 e. The molecule has 1 aromatic heterocycles. The average molecular weight is 240 g/mol. The van der Waals surface area contributed by atoms with E-state index < -0.39 is 0 Å². The molecule has 0 spiro atoms. The number of rotatable bonds is 9. The molecule has 0 amide bonds. The molecule has 98 valence electrons. The van der Waals surface area contributed by atoms with Crippen LogP contribution >= 0.6 is 0 Å². The molecule has 1 heterocycles. The molecule has 2 N–H and O–H groups in total. The minimum absolute atomic E-state index is 0.152. The Bertz CT molecular complexity index is 299. The molecule has 0 saturated heterocycles. The van der Waals surface area contributed by atoms with Crippen LogP contribution in [0.4, 0.5) is 0 Å².